The summed E-state index contributed by atoms with van der Waals surface area (Å²) >= 11 is 0. The molecule has 1 aromatic rings. The molecular formula is C16H28N2O2. The van der Waals surface area contributed by atoms with Crippen molar-refractivity contribution in [3.8, 4) is 0 Å². The number of nitrogens with two attached hydrogens (primary N) is 1. The lowest BCUT2D eigenvalue weighted by molar-refractivity contribution is 0.0657. The first-order valence-corrected chi connectivity index (χ1v) is 7.29. The predicted octanol–water partition coefficient (Wildman–Crippen LogP) is 2.44. The maximum absolute atomic E-state index is 5.67. The van der Waals surface area contributed by atoms with E-state index in [0.717, 1.165) is 12.8 Å². The second kappa shape index (κ2) is 9.88. The Labute approximate surface area is 122 Å². The molecule has 1 rings (SSSR count). The number of hydrogen-bond donors (Lipinski definition) is 2. The van der Waals surface area contributed by atoms with E-state index in [2.05, 4.69) is 43.5 Å². The molecule has 114 valence electrons. The molecule has 0 aliphatic rings. The second-order valence-electron chi connectivity index (χ2n) is 5.46. The first kappa shape index (κ1) is 17.1. The largest absolute Gasteiger partial charge is 0.382 e. The lowest BCUT2D eigenvalue weighted by atomic mass is 9.97. The van der Waals surface area contributed by atoms with Crippen molar-refractivity contribution in [2.24, 2.45) is 11.8 Å². The molecule has 0 fully saturated rings. The molecule has 4 nitrogen and oxygen atoms in total. The maximum Gasteiger partial charge on any atom is 0.0700 e. The van der Waals surface area contributed by atoms with Crippen LogP contribution in [0.25, 0.3) is 0 Å². The summed E-state index contributed by atoms with van der Waals surface area (Å²) in [5, 5.41) is 0. The van der Waals surface area contributed by atoms with Crippen molar-refractivity contribution in [1.29, 1.82) is 0 Å². The molecule has 3 N–H and O–H groups in total. The van der Waals surface area contributed by atoms with Crippen molar-refractivity contribution < 1.29 is 9.47 Å². The smallest absolute Gasteiger partial charge is 0.0700 e. The summed E-state index contributed by atoms with van der Waals surface area (Å²) in [5.41, 5.74) is 5.46. The normalized spacial score (nSPS) is 12.8. The quantitative estimate of drug-likeness (QED) is 0.393. The Bertz CT molecular complexity index is 369. The minimum atomic E-state index is 0.129. The highest BCUT2D eigenvalue weighted by Crippen LogP contribution is 2.19. The van der Waals surface area contributed by atoms with Crippen molar-refractivity contribution in [3.63, 3.8) is 0 Å². The molecule has 0 bridgehead atoms. The van der Waals surface area contributed by atoms with Crippen molar-refractivity contribution in [2.75, 3.05) is 26.9 Å². The van der Waals surface area contributed by atoms with E-state index < -0.39 is 0 Å². The third-order valence-corrected chi connectivity index (χ3v) is 3.18. The Balaban J connectivity index is 2.51. The van der Waals surface area contributed by atoms with E-state index in [1.165, 1.54) is 11.1 Å². The zero-order valence-electron chi connectivity index (χ0n) is 12.9. The summed E-state index contributed by atoms with van der Waals surface area (Å²) < 4.78 is 10.4. The van der Waals surface area contributed by atoms with Crippen LogP contribution in [-0.4, -0.2) is 26.9 Å². The summed E-state index contributed by atoms with van der Waals surface area (Å²) in [6, 6.07) is 8.75. The van der Waals surface area contributed by atoms with E-state index in [9.17, 15) is 0 Å². The highest BCUT2D eigenvalue weighted by Gasteiger charge is 2.10. The van der Waals surface area contributed by atoms with Gasteiger partial charge in [-0.15, -0.1) is 0 Å². The molecule has 0 aliphatic carbocycles. The molecular weight excluding hydrogens is 252 g/mol. The summed E-state index contributed by atoms with van der Waals surface area (Å²) in [6.45, 7) is 6.39. The molecule has 0 radical (unpaired) electrons. The Morgan fingerprint density at radius 3 is 2.65 bits per heavy atom. The molecule has 20 heavy (non-hydrogen) atoms. The number of hydrogen-bond acceptors (Lipinski definition) is 4. The molecule has 0 saturated heterocycles. The van der Waals surface area contributed by atoms with E-state index in [-0.39, 0.29) is 6.04 Å². The average Bonchev–Trinajstić information content (AvgIpc) is 2.42. The Morgan fingerprint density at radius 2 is 2.00 bits per heavy atom. The third kappa shape index (κ3) is 6.48. The van der Waals surface area contributed by atoms with Crippen LogP contribution in [0.3, 0.4) is 0 Å². The molecule has 0 saturated carbocycles. The highest BCUT2D eigenvalue weighted by atomic mass is 16.5. The van der Waals surface area contributed by atoms with Crippen LogP contribution >= 0.6 is 0 Å². The van der Waals surface area contributed by atoms with Gasteiger partial charge in [-0.25, -0.2) is 0 Å². The Morgan fingerprint density at radius 1 is 1.20 bits per heavy atom. The summed E-state index contributed by atoms with van der Waals surface area (Å²) in [7, 11) is 1.67. The van der Waals surface area contributed by atoms with Crippen molar-refractivity contribution in [2.45, 2.75) is 32.7 Å². The van der Waals surface area contributed by atoms with Crippen LogP contribution in [0.15, 0.2) is 24.3 Å². The minimum Gasteiger partial charge on any atom is -0.382 e. The molecule has 0 amide bonds. The van der Waals surface area contributed by atoms with Gasteiger partial charge in [0.1, 0.15) is 0 Å². The Hall–Kier alpha value is -0.940. The van der Waals surface area contributed by atoms with Crippen molar-refractivity contribution >= 4 is 0 Å². The number of benzene rings is 1. The predicted molar refractivity (Wildman–Crippen MR) is 82.4 cm³/mol. The second-order valence-corrected chi connectivity index (χ2v) is 5.46. The first-order valence-electron chi connectivity index (χ1n) is 7.29. The average molecular weight is 280 g/mol. The Kier molecular flexibility index (Phi) is 8.46. The van der Waals surface area contributed by atoms with E-state index >= 15 is 0 Å². The lowest BCUT2D eigenvalue weighted by Gasteiger charge is -2.17. The molecule has 0 heterocycles. The van der Waals surface area contributed by atoms with Crippen molar-refractivity contribution in [1.82, 2.24) is 5.43 Å². The van der Waals surface area contributed by atoms with Crippen LogP contribution in [0, 0.1) is 5.92 Å². The third-order valence-electron chi connectivity index (χ3n) is 3.18. The number of ether oxygens (including phenoxy) is 2. The van der Waals surface area contributed by atoms with Gasteiger partial charge in [-0.2, -0.15) is 0 Å². The van der Waals surface area contributed by atoms with E-state index in [0.29, 0.717) is 25.7 Å². The van der Waals surface area contributed by atoms with E-state index in [1.807, 2.05) is 0 Å². The van der Waals surface area contributed by atoms with Gasteiger partial charge in [-0.3, -0.25) is 11.3 Å². The monoisotopic (exact) mass is 280 g/mol. The van der Waals surface area contributed by atoms with Gasteiger partial charge in [-0.1, -0.05) is 38.1 Å². The molecule has 4 heteroatoms. The van der Waals surface area contributed by atoms with Crippen LogP contribution in [0.1, 0.15) is 37.4 Å². The van der Waals surface area contributed by atoms with Gasteiger partial charge in [0.15, 0.2) is 0 Å². The zero-order valence-corrected chi connectivity index (χ0v) is 12.9. The van der Waals surface area contributed by atoms with Gasteiger partial charge in [0.25, 0.3) is 0 Å². The van der Waals surface area contributed by atoms with Crippen LogP contribution in [0.4, 0.5) is 0 Å². The zero-order chi connectivity index (χ0) is 14.8. The van der Waals surface area contributed by atoms with Gasteiger partial charge < -0.3 is 9.47 Å². The molecule has 1 aromatic carbocycles. The molecule has 0 spiro atoms. The number of rotatable bonds is 10. The number of methoxy groups -OCH3 is 1. The maximum atomic E-state index is 5.67. The number of hydrazine groups is 1. The van der Waals surface area contributed by atoms with Crippen LogP contribution in [0.5, 0.6) is 0 Å². The van der Waals surface area contributed by atoms with Crippen LogP contribution < -0.4 is 11.3 Å². The fourth-order valence-electron chi connectivity index (χ4n) is 2.20. The standard InChI is InChI=1S/C16H28N2O2/c1-13(2)11-14-5-4-6-15(12-14)16(18-17)7-8-20-10-9-19-3/h4-6,12-13,16,18H,7-11,17H2,1-3H3. The highest BCUT2D eigenvalue weighted by molar-refractivity contribution is 5.26. The molecule has 1 unspecified atom stereocenters. The fraction of sp³-hybridized carbons (Fsp3) is 0.625. The van der Waals surface area contributed by atoms with Gasteiger partial charge in [0, 0.05) is 19.8 Å². The summed E-state index contributed by atoms with van der Waals surface area (Å²) in [4.78, 5) is 0. The minimum absolute atomic E-state index is 0.129. The van der Waals surface area contributed by atoms with Crippen LogP contribution in [0.2, 0.25) is 0 Å². The fourth-order valence-corrected chi connectivity index (χ4v) is 2.20. The van der Waals surface area contributed by atoms with E-state index in [4.69, 9.17) is 15.3 Å². The van der Waals surface area contributed by atoms with Crippen LogP contribution in [-0.2, 0) is 15.9 Å². The first-order chi connectivity index (χ1) is 9.67. The van der Waals surface area contributed by atoms with Crippen molar-refractivity contribution in [3.05, 3.63) is 35.4 Å². The molecule has 0 aromatic heterocycles. The topological polar surface area (TPSA) is 56.5 Å². The van der Waals surface area contributed by atoms with Gasteiger partial charge in [-0.05, 0) is 29.9 Å². The molecule has 0 aliphatic heterocycles. The SMILES string of the molecule is COCCOCCC(NN)c1cccc(CC(C)C)c1. The summed E-state index contributed by atoms with van der Waals surface area (Å²) in [6.07, 6.45) is 1.95. The number of nitrogens with one attached hydrogen (secondary N) is 1. The van der Waals surface area contributed by atoms with Gasteiger partial charge in [0.05, 0.1) is 13.2 Å². The lowest BCUT2D eigenvalue weighted by Crippen LogP contribution is -2.29. The van der Waals surface area contributed by atoms with Gasteiger partial charge in [0.2, 0.25) is 0 Å². The molecule has 1 atom stereocenters. The van der Waals surface area contributed by atoms with E-state index in [1.54, 1.807) is 7.11 Å². The van der Waals surface area contributed by atoms with Gasteiger partial charge >= 0.3 is 0 Å². The summed E-state index contributed by atoms with van der Waals surface area (Å²) in [5.74, 6) is 6.33.